The third-order valence-electron chi connectivity index (χ3n) is 1.70. The summed E-state index contributed by atoms with van der Waals surface area (Å²) in [7, 11) is 0. The summed E-state index contributed by atoms with van der Waals surface area (Å²) < 4.78 is 28.0. The first-order valence-electron chi connectivity index (χ1n) is 4.68. The molecule has 1 N–H and O–H groups in total. The van der Waals surface area contributed by atoms with Crippen molar-refractivity contribution in [1.82, 2.24) is 4.98 Å². The van der Waals surface area contributed by atoms with Crippen LogP contribution in [0.3, 0.4) is 0 Å². The Morgan fingerprint density at radius 2 is 2.31 bits per heavy atom. The molecule has 0 unspecified atom stereocenters. The van der Waals surface area contributed by atoms with Crippen molar-refractivity contribution in [1.29, 1.82) is 5.26 Å². The second-order valence-corrected chi connectivity index (χ2v) is 2.94. The fourth-order valence-corrected chi connectivity index (χ4v) is 1.00. The van der Waals surface area contributed by atoms with E-state index >= 15 is 0 Å². The summed E-state index contributed by atoms with van der Waals surface area (Å²) in [4.78, 5) is 3.84. The Bertz CT molecular complexity index is 348. The minimum atomic E-state index is -2.43. The summed E-state index contributed by atoms with van der Waals surface area (Å²) >= 11 is 0. The van der Waals surface area contributed by atoms with Crippen LogP contribution >= 0.6 is 0 Å². The van der Waals surface area contributed by atoms with E-state index in [-0.39, 0.29) is 6.61 Å². The van der Waals surface area contributed by atoms with Crippen molar-refractivity contribution >= 4 is 5.69 Å². The molecule has 0 saturated heterocycles. The fraction of sp³-hybridized carbons (Fsp3) is 0.400. The van der Waals surface area contributed by atoms with Crippen LogP contribution < -0.4 is 5.32 Å². The summed E-state index contributed by atoms with van der Waals surface area (Å²) in [5.74, 6) is 0. The molecule has 0 saturated carbocycles. The first-order valence-corrected chi connectivity index (χ1v) is 4.68. The average molecular weight is 227 g/mol. The lowest BCUT2D eigenvalue weighted by Crippen LogP contribution is -2.13. The van der Waals surface area contributed by atoms with E-state index < -0.39 is 13.0 Å². The van der Waals surface area contributed by atoms with Gasteiger partial charge >= 0.3 is 0 Å². The summed E-state index contributed by atoms with van der Waals surface area (Å²) in [5, 5.41) is 11.4. The van der Waals surface area contributed by atoms with Crippen LogP contribution in [0.5, 0.6) is 0 Å². The van der Waals surface area contributed by atoms with Crippen molar-refractivity contribution in [3.05, 3.63) is 24.0 Å². The van der Waals surface area contributed by atoms with Crippen molar-refractivity contribution < 1.29 is 13.5 Å². The zero-order valence-electron chi connectivity index (χ0n) is 8.49. The fourth-order valence-electron chi connectivity index (χ4n) is 1.00. The molecule has 0 aliphatic heterocycles. The number of ether oxygens (including phenoxy) is 1. The SMILES string of the molecule is N#Cc1ccc(NCCOCC(F)F)cn1. The maximum atomic E-state index is 11.7. The van der Waals surface area contributed by atoms with Gasteiger partial charge < -0.3 is 10.1 Å². The first-order chi connectivity index (χ1) is 7.72. The van der Waals surface area contributed by atoms with Crippen molar-refractivity contribution in [2.45, 2.75) is 6.43 Å². The number of nitrogens with zero attached hydrogens (tertiary/aromatic N) is 2. The number of halogens is 2. The molecular weight excluding hydrogens is 216 g/mol. The second kappa shape index (κ2) is 6.69. The maximum absolute atomic E-state index is 11.7. The van der Waals surface area contributed by atoms with Gasteiger partial charge in [-0.1, -0.05) is 0 Å². The van der Waals surface area contributed by atoms with Gasteiger partial charge in [0.1, 0.15) is 18.4 Å². The van der Waals surface area contributed by atoms with E-state index in [0.717, 1.165) is 5.69 Å². The van der Waals surface area contributed by atoms with Gasteiger partial charge in [-0.15, -0.1) is 0 Å². The van der Waals surface area contributed by atoms with E-state index in [1.54, 1.807) is 12.1 Å². The van der Waals surface area contributed by atoms with Gasteiger partial charge in [0.25, 0.3) is 6.43 Å². The Morgan fingerprint density at radius 3 is 2.88 bits per heavy atom. The number of nitriles is 1. The molecular formula is C10H11F2N3O. The number of pyridine rings is 1. The smallest absolute Gasteiger partial charge is 0.261 e. The molecule has 0 aromatic carbocycles. The Hall–Kier alpha value is -1.74. The molecule has 6 heteroatoms. The lowest BCUT2D eigenvalue weighted by Gasteiger charge is -2.06. The maximum Gasteiger partial charge on any atom is 0.261 e. The predicted octanol–water partition coefficient (Wildman–Crippen LogP) is 1.65. The van der Waals surface area contributed by atoms with Crippen LogP contribution in [0.4, 0.5) is 14.5 Å². The molecule has 1 heterocycles. The average Bonchev–Trinajstić information content (AvgIpc) is 2.29. The van der Waals surface area contributed by atoms with Gasteiger partial charge in [-0.25, -0.2) is 13.8 Å². The number of anilines is 1. The zero-order valence-corrected chi connectivity index (χ0v) is 8.49. The van der Waals surface area contributed by atoms with Crippen LogP contribution in [0.1, 0.15) is 5.69 Å². The summed E-state index contributed by atoms with van der Waals surface area (Å²) in [6.45, 7) is 0.0674. The van der Waals surface area contributed by atoms with E-state index in [0.29, 0.717) is 12.2 Å². The minimum Gasteiger partial charge on any atom is -0.381 e. The molecule has 0 aliphatic carbocycles. The Kier molecular flexibility index (Phi) is 5.16. The quantitative estimate of drug-likeness (QED) is 0.750. The Morgan fingerprint density at radius 1 is 1.50 bits per heavy atom. The van der Waals surface area contributed by atoms with Gasteiger partial charge in [-0.3, -0.25) is 0 Å². The molecule has 4 nitrogen and oxygen atoms in total. The van der Waals surface area contributed by atoms with Gasteiger partial charge in [0, 0.05) is 6.54 Å². The topological polar surface area (TPSA) is 57.9 Å². The Labute approximate surface area is 91.9 Å². The van der Waals surface area contributed by atoms with Crippen LogP contribution in [0.25, 0.3) is 0 Å². The highest BCUT2D eigenvalue weighted by Crippen LogP contribution is 2.04. The summed E-state index contributed by atoms with van der Waals surface area (Å²) in [6, 6.07) is 5.16. The molecule has 0 fully saturated rings. The highest BCUT2D eigenvalue weighted by molar-refractivity contribution is 5.42. The van der Waals surface area contributed by atoms with Gasteiger partial charge in [0.2, 0.25) is 0 Å². The molecule has 86 valence electrons. The molecule has 16 heavy (non-hydrogen) atoms. The van der Waals surface area contributed by atoms with Crippen LogP contribution in [0.2, 0.25) is 0 Å². The van der Waals surface area contributed by atoms with Crippen LogP contribution in [-0.4, -0.2) is 31.2 Å². The van der Waals surface area contributed by atoms with Crippen molar-refractivity contribution in [2.75, 3.05) is 25.1 Å². The second-order valence-electron chi connectivity index (χ2n) is 2.94. The summed E-state index contributed by atoms with van der Waals surface area (Å²) in [5.41, 5.74) is 1.05. The summed E-state index contributed by atoms with van der Waals surface area (Å²) in [6.07, 6.45) is -0.928. The standard InChI is InChI=1S/C10H11F2N3O/c11-10(12)7-16-4-3-14-9-2-1-8(5-13)15-6-9/h1-2,6,10,14H,3-4,7H2. The largest absolute Gasteiger partial charge is 0.381 e. The van der Waals surface area contributed by atoms with E-state index in [9.17, 15) is 8.78 Å². The van der Waals surface area contributed by atoms with Gasteiger partial charge in [0.15, 0.2) is 0 Å². The third-order valence-corrected chi connectivity index (χ3v) is 1.70. The first kappa shape index (κ1) is 12.3. The van der Waals surface area contributed by atoms with Crippen molar-refractivity contribution in [3.8, 4) is 6.07 Å². The van der Waals surface area contributed by atoms with E-state index in [2.05, 4.69) is 15.0 Å². The predicted molar refractivity (Wildman–Crippen MR) is 54.3 cm³/mol. The molecule has 0 spiro atoms. The van der Waals surface area contributed by atoms with Crippen LogP contribution in [-0.2, 0) is 4.74 Å². The number of rotatable bonds is 6. The molecule has 0 radical (unpaired) electrons. The molecule has 0 aliphatic rings. The number of aromatic nitrogens is 1. The van der Waals surface area contributed by atoms with E-state index in [4.69, 9.17) is 5.26 Å². The Balaban J connectivity index is 2.20. The number of alkyl halides is 2. The number of hydrogen-bond donors (Lipinski definition) is 1. The van der Waals surface area contributed by atoms with Crippen LogP contribution in [0.15, 0.2) is 18.3 Å². The highest BCUT2D eigenvalue weighted by Gasteiger charge is 2.00. The number of nitrogens with one attached hydrogen (secondary N) is 1. The van der Waals surface area contributed by atoms with Gasteiger partial charge in [0.05, 0.1) is 18.5 Å². The minimum absolute atomic E-state index is 0.199. The lowest BCUT2D eigenvalue weighted by molar-refractivity contribution is 0.0215. The molecule has 0 bridgehead atoms. The van der Waals surface area contributed by atoms with E-state index in [1.807, 2.05) is 6.07 Å². The molecule has 1 aromatic heterocycles. The monoisotopic (exact) mass is 227 g/mol. The normalized spacial score (nSPS) is 10.1. The molecule has 1 rings (SSSR count). The van der Waals surface area contributed by atoms with Crippen molar-refractivity contribution in [2.24, 2.45) is 0 Å². The van der Waals surface area contributed by atoms with Crippen LogP contribution in [0, 0.1) is 11.3 Å². The highest BCUT2D eigenvalue weighted by atomic mass is 19.3. The van der Waals surface area contributed by atoms with Gasteiger partial charge in [-0.2, -0.15) is 5.26 Å². The van der Waals surface area contributed by atoms with E-state index in [1.165, 1.54) is 6.20 Å². The lowest BCUT2D eigenvalue weighted by atomic mass is 10.3. The van der Waals surface area contributed by atoms with Crippen molar-refractivity contribution in [3.63, 3.8) is 0 Å². The molecule has 0 amide bonds. The molecule has 0 atom stereocenters. The molecule has 1 aromatic rings. The zero-order chi connectivity index (χ0) is 11.8. The van der Waals surface area contributed by atoms with Gasteiger partial charge in [-0.05, 0) is 12.1 Å². The third kappa shape index (κ3) is 4.66. The number of hydrogen-bond acceptors (Lipinski definition) is 4.